The van der Waals surface area contributed by atoms with Gasteiger partial charge in [-0.1, -0.05) is 0 Å². The van der Waals surface area contributed by atoms with Gasteiger partial charge in [0.15, 0.2) is 11.6 Å². The van der Waals surface area contributed by atoms with E-state index >= 15 is 0 Å². The molecule has 0 aliphatic carbocycles. The number of aromatic nitrogens is 2. The third-order valence-electron chi connectivity index (χ3n) is 4.47. The summed E-state index contributed by atoms with van der Waals surface area (Å²) in [6.45, 7) is 3.40. The molecule has 6 nitrogen and oxygen atoms in total. The van der Waals surface area contributed by atoms with Crippen LogP contribution in [-0.2, 0) is 4.74 Å². The number of ether oxygens (including phenoxy) is 1. The van der Waals surface area contributed by atoms with E-state index in [0.717, 1.165) is 35.0 Å². The first-order valence-electron chi connectivity index (χ1n) is 8.13. The number of oxazole rings is 1. The van der Waals surface area contributed by atoms with Gasteiger partial charge in [-0.05, 0) is 48.9 Å². The summed E-state index contributed by atoms with van der Waals surface area (Å²) in [5.74, 6) is 0.600. The molecule has 1 aromatic carbocycles. The van der Waals surface area contributed by atoms with E-state index in [0.29, 0.717) is 24.8 Å². The van der Waals surface area contributed by atoms with E-state index < -0.39 is 0 Å². The topological polar surface area (TPSA) is 80.2 Å². The predicted octanol–water partition coefficient (Wildman–Crippen LogP) is 3.61. The monoisotopic (exact) mass is 325 g/mol. The van der Waals surface area contributed by atoms with Gasteiger partial charge in [0.25, 0.3) is 5.91 Å². The Hall–Kier alpha value is -2.60. The van der Waals surface area contributed by atoms with Crippen LogP contribution < -0.4 is 5.32 Å². The van der Waals surface area contributed by atoms with E-state index in [4.69, 9.17) is 9.15 Å². The minimum atomic E-state index is -0.258. The van der Waals surface area contributed by atoms with Crippen molar-refractivity contribution < 1.29 is 13.9 Å². The van der Waals surface area contributed by atoms with Gasteiger partial charge >= 0.3 is 0 Å². The van der Waals surface area contributed by atoms with Crippen LogP contribution in [0.15, 0.2) is 35.1 Å². The fraction of sp³-hybridized carbons (Fsp3) is 0.333. The first-order valence-corrected chi connectivity index (χ1v) is 8.13. The maximum atomic E-state index is 12.5. The molecule has 0 radical (unpaired) electrons. The van der Waals surface area contributed by atoms with Gasteiger partial charge in [-0.3, -0.25) is 4.79 Å². The molecule has 24 heavy (non-hydrogen) atoms. The van der Waals surface area contributed by atoms with Gasteiger partial charge in [-0.2, -0.15) is 0 Å². The average Bonchev–Trinajstić information content (AvgIpc) is 3.25. The van der Waals surface area contributed by atoms with Crippen LogP contribution in [0.25, 0.3) is 10.9 Å². The van der Waals surface area contributed by atoms with E-state index in [1.165, 1.54) is 6.26 Å². The minimum Gasteiger partial charge on any atom is -0.448 e. The molecule has 124 valence electrons. The number of amides is 1. The highest BCUT2D eigenvalue weighted by molar-refractivity contribution is 6.04. The highest BCUT2D eigenvalue weighted by Crippen LogP contribution is 2.27. The smallest absolute Gasteiger partial charge is 0.277 e. The highest BCUT2D eigenvalue weighted by Gasteiger charge is 2.22. The lowest BCUT2D eigenvalue weighted by molar-refractivity contribution is 0.0794. The Kier molecular flexibility index (Phi) is 3.82. The van der Waals surface area contributed by atoms with Crippen LogP contribution in [0.3, 0.4) is 0 Å². The molecule has 1 fully saturated rings. The zero-order valence-electron chi connectivity index (χ0n) is 13.5. The average molecular weight is 325 g/mol. The zero-order valence-corrected chi connectivity index (χ0v) is 13.5. The lowest BCUT2D eigenvalue weighted by Gasteiger charge is -2.18. The Morgan fingerprint density at radius 1 is 1.33 bits per heavy atom. The lowest BCUT2D eigenvalue weighted by atomic mass is 10.0. The first-order chi connectivity index (χ1) is 11.7. The van der Waals surface area contributed by atoms with Crippen LogP contribution in [0.4, 0.5) is 5.69 Å². The Morgan fingerprint density at radius 3 is 3.00 bits per heavy atom. The predicted molar refractivity (Wildman–Crippen MR) is 90.3 cm³/mol. The number of nitrogens with one attached hydrogen (secondary N) is 2. The molecule has 0 atom stereocenters. The third-order valence-corrected chi connectivity index (χ3v) is 4.47. The summed E-state index contributed by atoms with van der Waals surface area (Å²) in [4.78, 5) is 20.0. The van der Waals surface area contributed by atoms with Crippen molar-refractivity contribution in [2.45, 2.75) is 25.7 Å². The summed E-state index contributed by atoms with van der Waals surface area (Å²) >= 11 is 0. The van der Waals surface area contributed by atoms with Gasteiger partial charge < -0.3 is 19.5 Å². The quantitative estimate of drug-likeness (QED) is 0.771. The maximum Gasteiger partial charge on any atom is 0.277 e. The van der Waals surface area contributed by atoms with E-state index in [1.807, 2.05) is 31.3 Å². The van der Waals surface area contributed by atoms with Crippen LogP contribution >= 0.6 is 0 Å². The Morgan fingerprint density at radius 2 is 2.17 bits per heavy atom. The fourth-order valence-electron chi connectivity index (χ4n) is 3.06. The van der Waals surface area contributed by atoms with Gasteiger partial charge in [-0.25, -0.2) is 4.98 Å². The zero-order chi connectivity index (χ0) is 16.5. The largest absolute Gasteiger partial charge is 0.448 e. The van der Waals surface area contributed by atoms with Crippen molar-refractivity contribution in [3.63, 3.8) is 0 Å². The van der Waals surface area contributed by atoms with Crippen molar-refractivity contribution in [2.75, 3.05) is 18.5 Å². The molecule has 1 saturated heterocycles. The lowest BCUT2D eigenvalue weighted by Crippen LogP contribution is -2.16. The van der Waals surface area contributed by atoms with Crippen molar-refractivity contribution in [3.8, 4) is 0 Å². The van der Waals surface area contributed by atoms with Crippen molar-refractivity contribution in [1.29, 1.82) is 0 Å². The number of nitrogens with zero attached hydrogens (tertiary/aromatic N) is 1. The molecule has 2 aromatic heterocycles. The Bertz CT molecular complexity index is 875. The van der Waals surface area contributed by atoms with Gasteiger partial charge in [0, 0.05) is 36.5 Å². The summed E-state index contributed by atoms with van der Waals surface area (Å²) in [6, 6.07) is 5.98. The fourth-order valence-corrected chi connectivity index (χ4v) is 3.06. The Labute approximate surface area is 139 Å². The normalized spacial score (nSPS) is 15.7. The summed E-state index contributed by atoms with van der Waals surface area (Å²) in [6.07, 6.45) is 5.07. The Balaban J connectivity index is 1.52. The molecule has 1 aliphatic rings. The standard InChI is InChI=1S/C18H19N3O3/c1-11-8-13-2-5-19-15(13)9-14(11)20-17(22)16-10-24-18(21-16)12-3-6-23-7-4-12/h2,5,8-10,12,19H,3-4,6-7H2,1H3,(H,20,22). The summed E-state index contributed by atoms with van der Waals surface area (Å²) in [5.41, 5.74) is 3.07. The molecule has 0 unspecified atom stereocenters. The second-order valence-corrected chi connectivity index (χ2v) is 6.14. The van der Waals surface area contributed by atoms with Gasteiger partial charge in [0.2, 0.25) is 0 Å². The van der Waals surface area contributed by atoms with Crippen LogP contribution in [-0.4, -0.2) is 29.1 Å². The van der Waals surface area contributed by atoms with E-state index in [2.05, 4.69) is 15.3 Å². The van der Waals surface area contributed by atoms with Crippen LogP contribution in [0.5, 0.6) is 0 Å². The summed E-state index contributed by atoms with van der Waals surface area (Å²) in [5, 5.41) is 4.04. The van der Waals surface area contributed by atoms with Crippen LogP contribution in [0, 0.1) is 6.92 Å². The van der Waals surface area contributed by atoms with Crippen molar-refractivity contribution >= 4 is 22.5 Å². The SMILES string of the molecule is Cc1cc2cc[nH]c2cc1NC(=O)c1coc(C2CCOCC2)n1. The van der Waals surface area contributed by atoms with Crippen molar-refractivity contribution in [3.05, 3.63) is 47.8 Å². The van der Waals surface area contributed by atoms with E-state index in [-0.39, 0.29) is 11.8 Å². The number of hydrogen-bond acceptors (Lipinski definition) is 4. The van der Waals surface area contributed by atoms with Crippen molar-refractivity contribution in [1.82, 2.24) is 9.97 Å². The van der Waals surface area contributed by atoms with Gasteiger partial charge in [0.1, 0.15) is 6.26 Å². The second kappa shape index (κ2) is 6.13. The molecule has 4 rings (SSSR count). The van der Waals surface area contributed by atoms with Crippen molar-refractivity contribution in [2.24, 2.45) is 0 Å². The van der Waals surface area contributed by atoms with Crippen LogP contribution in [0.1, 0.15) is 40.7 Å². The number of anilines is 1. The van der Waals surface area contributed by atoms with Crippen LogP contribution in [0.2, 0.25) is 0 Å². The molecule has 3 aromatic rings. The number of fused-ring (bicyclic) bond motifs is 1. The number of aryl methyl sites for hydroxylation is 1. The third kappa shape index (κ3) is 2.80. The molecule has 0 bridgehead atoms. The second-order valence-electron chi connectivity index (χ2n) is 6.14. The molecule has 6 heteroatoms. The van der Waals surface area contributed by atoms with E-state index in [9.17, 15) is 4.79 Å². The number of aromatic amines is 1. The number of rotatable bonds is 3. The molecular weight excluding hydrogens is 306 g/mol. The minimum absolute atomic E-state index is 0.234. The number of hydrogen-bond donors (Lipinski definition) is 2. The number of benzene rings is 1. The molecule has 2 N–H and O–H groups in total. The molecule has 0 spiro atoms. The molecule has 1 amide bonds. The maximum absolute atomic E-state index is 12.5. The number of carbonyl (C=O) groups is 1. The van der Waals surface area contributed by atoms with Gasteiger partial charge in [0.05, 0.1) is 0 Å². The molecular formula is C18H19N3O3. The number of carbonyl (C=O) groups excluding carboxylic acids is 1. The summed E-state index contributed by atoms with van der Waals surface area (Å²) in [7, 11) is 0. The first kappa shape index (κ1) is 15.0. The molecule has 0 saturated carbocycles. The summed E-state index contributed by atoms with van der Waals surface area (Å²) < 4.78 is 10.9. The van der Waals surface area contributed by atoms with E-state index in [1.54, 1.807) is 0 Å². The highest BCUT2D eigenvalue weighted by atomic mass is 16.5. The molecule has 1 aliphatic heterocycles. The number of H-pyrrole nitrogens is 1. The molecule has 3 heterocycles. The van der Waals surface area contributed by atoms with Gasteiger partial charge in [-0.15, -0.1) is 0 Å².